The fraction of sp³-hybridized carbons (Fsp3) is 0.900. The van der Waals surface area contributed by atoms with Crippen LogP contribution in [0.5, 0.6) is 0 Å². The SMILES string of the molecule is C[C@H](C(O)/C=C/C(C)(C)O)[C@H]1CC[C@@]2(C)C3CCC4C(C)(C)C(=O)CC[C@@]45C[C@]35CC[C@]12C. The molecule has 5 fully saturated rings. The van der Waals surface area contributed by atoms with E-state index in [1.54, 1.807) is 19.9 Å². The minimum atomic E-state index is -0.889. The standard InChI is InChI=1S/C30H48O3/c1-19(21(31)11-13-25(2,3)33)20-10-14-28(7)23-9-8-22-26(4,5)24(32)12-15-29(22)18-30(23,29)17-16-27(20,28)6/h11,13,19-23,31,33H,8-10,12,14-18H2,1-7H3/b13-11+/t19-,20+,21?,22?,23?,27+,28-,29+,30+/m0/s1. The van der Waals surface area contributed by atoms with Gasteiger partial charge in [-0.1, -0.05) is 46.8 Å². The Morgan fingerprint density at radius 3 is 2.24 bits per heavy atom. The van der Waals surface area contributed by atoms with Crippen molar-refractivity contribution in [2.24, 2.45) is 50.7 Å². The van der Waals surface area contributed by atoms with E-state index in [-0.39, 0.29) is 16.7 Å². The third-order valence-electron chi connectivity index (χ3n) is 12.8. The van der Waals surface area contributed by atoms with Crippen LogP contribution in [0.1, 0.15) is 106 Å². The molecule has 3 heteroatoms. The highest BCUT2D eigenvalue weighted by Crippen LogP contribution is 2.88. The normalized spacial score (nSPS) is 50.2. The van der Waals surface area contributed by atoms with E-state index in [9.17, 15) is 15.0 Å². The average Bonchev–Trinajstić information content (AvgIpc) is 3.31. The van der Waals surface area contributed by atoms with Crippen LogP contribution in [0.15, 0.2) is 12.2 Å². The second-order valence-electron chi connectivity index (χ2n) is 14.7. The molecule has 2 spiro atoms. The van der Waals surface area contributed by atoms with E-state index in [1.807, 2.05) is 6.08 Å². The van der Waals surface area contributed by atoms with Gasteiger partial charge in [0.2, 0.25) is 0 Å². The number of hydrogen-bond donors (Lipinski definition) is 2. The Hall–Kier alpha value is -0.670. The molecule has 0 aliphatic heterocycles. The molecule has 2 N–H and O–H groups in total. The van der Waals surface area contributed by atoms with Crippen molar-refractivity contribution in [2.75, 3.05) is 0 Å². The van der Waals surface area contributed by atoms with Gasteiger partial charge in [-0.3, -0.25) is 4.79 Å². The number of rotatable bonds is 4. The van der Waals surface area contributed by atoms with Gasteiger partial charge in [0.1, 0.15) is 5.78 Å². The van der Waals surface area contributed by atoms with Crippen LogP contribution in [0.2, 0.25) is 0 Å². The molecule has 3 unspecified atom stereocenters. The van der Waals surface area contributed by atoms with Crippen molar-refractivity contribution in [3.05, 3.63) is 12.2 Å². The van der Waals surface area contributed by atoms with Gasteiger partial charge in [-0.2, -0.15) is 0 Å². The summed E-state index contributed by atoms with van der Waals surface area (Å²) in [6, 6.07) is 0. The molecule has 5 aliphatic carbocycles. The highest BCUT2D eigenvalue weighted by molar-refractivity contribution is 5.86. The summed E-state index contributed by atoms with van der Waals surface area (Å²) in [5.41, 5.74) is 0.445. The Morgan fingerprint density at radius 2 is 1.58 bits per heavy atom. The summed E-state index contributed by atoms with van der Waals surface area (Å²) in [4.78, 5) is 12.8. The number of aliphatic hydroxyl groups is 2. The number of ketones is 1. The zero-order valence-corrected chi connectivity index (χ0v) is 22.2. The zero-order chi connectivity index (χ0) is 24.2. The van der Waals surface area contributed by atoms with Gasteiger partial charge in [0, 0.05) is 11.8 Å². The summed E-state index contributed by atoms with van der Waals surface area (Å²) in [5.74, 6) is 2.57. The van der Waals surface area contributed by atoms with Gasteiger partial charge in [-0.15, -0.1) is 0 Å². The van der Waals surface area contributed by atoms with Crippen LogP contribution in [-0.4, -0.2) is 27.7 Å². The topological polar surface area (TPSA) is 57.5 Å². The summed E-state index contributed by atoms with van der Waals surface area (Å²) < 4.78 is 0. The largest absolute Gasteiger partial charge is 0.389 e. The van der Waals surface area contributed by atoms with Crippen molar-refractivity contribution in [2.45, 2.75) is 118 Å². The lowest BCUT2D eigenvalue weighted by molar-refractivity contribution is -0.158. The van der Waals surface area contributed by atoms with Crippen molar-refractivity contribution in [1.29, 1.82) is 0 Å². The first kappa shape index (κ1) is 24.0. The fourth-order valence-electron chi connectivity index (χ4n) is 10.8. The van der Waals surface area contributed by atoms with E-state index in [2.05, 4.69) is 34.6 Å². The first-order valence-electron chi connectivity index (χ1n) is 13.8. The Labute approximate surface area is 201 Å². The maximum Gasteiger partial charge on any atom is 0.138 e. The summed E-state index contributed by atoms with van der Waals surface area (Å²) in [6.45, 7) is 15.4. The molecule has 0 heterocycles. The lowest BCUT2D eigenvalue weighted by atomic mass is 9.42. The molecule has 0 amide bonds. The molecule has 0 aromatic heterocycles. The van der Waals surface area contributed by atoms with Crippen molar-refractivity contribution in [1.82, 2.24) is 0 Å². The molecule has 5 saturated carbocycles. The van der Waals surface area contributed by atoms with E-state index in [4.69, 9.17) is 0 Å². The Morgan fingerprint density at radius 1 is 0.939 bits per heavy atom. The lowest BCUT2D eigenvalue weighted by Gasteiger charge is -2.62. The Balaban J connectivity index is 1.42. The van der Waals surface area contributed by atoms with Crippen molar-refractivity contribution < 1.29 is 15.0 Å². The third kappa shape index (κ3) is 2.97. The minimum Gasteiger partial charge on any atom is -0.389 e. The molecular weight excluding hydrogens is 408 g/mol. The van der Waals surface area contributed by atoms with Crippen LogP contribution < -0.4 is 0 Å². The predicted octanol–water partition coefficient (Wildman–Crippen LogP) is 6.32. The van der Waals surface area contributed by atoms with E-state index in [0.29, 0.717) is 33.9 Å². The molecule has 0 bridgehead atoms. The fourth-order valence-corrected chi connectivity index (χ4v) is 10.8. The number of fused-ring (bicyclic) bond motifs is 2. The molecule has 5 aliphatic rings. The number of hydrogen-bond acceptors (Lipinski definition) is 3. The van der Waals surface area contributed by atoms with Crippen LogP contribution in [0, 0.1) is 50.7 Å². The first-order chi connectivity index (χ1) is 15.1. The van der Waals surface area contributed by atoms with Gasteiger partial charge in [0.15, 0.2) is 0 Å². The molecule has 3 nitrogen and oxygen atoms in total. The summed E-state index contributed by atoms with van der Waals surface area (Å²) in [5, 5.41) is 21.1. The van der Waals surface area contributed by atoms with Crippen LogP contribution in [-0.2, 0) is 4.79 Å². The minimum absolute atomic E-state index is 0.141. The van der Waals surface area contributed by atoms with E-state index >= 15 is 0 Å². The maximum atomic E-state index is 12.8. The second kappa shape index (κ2) is 6.96. The molecule has 0 aromatic carbocycles. The lowest BCUT2D eigenvalue weighted by Crippen LogP contribution is -2.57. The van der Waals surface area contributed by atoms with Crippen molar-refractivity contribution in [3.63, 3.8) is 0 Å². The molecule has 9 atom stereocenters. The number of Topliss-reactive ketones (excluding diaryl/α,β-unsaturated/α-hetero) is 1. The molecule has 0 saturated heterocycles. The highest BCUT2D eigenvalue weighted by atomic mass is 16.3. The van der Waals surface area contributed by atoms with Gasteiger partial charge in [-0.25, -0.2) is 0 Å². The smallest absolute Gasteiger partial charge is 0.138 e. The monoisotopic (exact) mass is 456 g/mol. The summed E-state index contributed by atoms with van der Waals surface area (Å²) in [7, 11) is 0. The molecule has 5 rings (SSSR count). The number of aliphatic hydroxyl groups excluding tert-OH is 1. The molecular formula is C30H48O3. The van der Waals surface area contributed by atoms with E-state index < -0.39 is 11.7 Å². The van der Waals surface area contributed by atoms with Crippen molar-refractivity contribution in [3.8, 4) is 0 Å². The van der Waals surface area contributed by atoms with E-state index in [0.717, 1.165) is 18.8 Å². The number of carbonyl (C=O) groups is 1. The zero-order valence-electron chi connectivity index (χ0n) is 22.2. The van der Waals surface area contributed by atoms with Crippen LogP contribution in [0.25, 0.3) is 0 Å². The maximum absolute atomic E-state index is 12.8. The molecule has 0 aromatic rings. The Kier molecular flexibility index (Phi) is 5.07. The second-order valence-corrected chi connectivity index (χ2v) is 14.7. The third-order valence-corrected chi connectivity index (χ3v) is 12.8. The quantitative estimate of drug-likeness (QED) is 0.487. The van der Waals surface area contributed by atoms with Gasteiger partial charge < -0.3 is 10.2 Å². The van der Waals surface area contributed by atoms with Gasteiger partial charge in [0.05, 0.1) is 11.7 Å². The van der Waals surface area contributed by atoms with Crippen molar-refractivity contribution >= 4 is 5.78 Å². The summed E-state index contributed by atoms with van der Waals surface area (Å²) in [6.07, 6.45) is 14.0. The first-order valence-corrected chi connectivity index (χ1v) is 13.8. The highest BCUT2D eigenvalue weighted by Gasteiger charge is 2.82. The van der Waals surface area contributed by atoms with Gasteiger partial charge >= 0.3 is 0 Å². The summed E-state index contributed by atoms with van der Waals surface area (Å²) >= 11 is 0. The van der Waals surface area contributed by atoms with Crippen LogP contribution >= 0.6 is 0 Å². The van der Waals surface area contributed by atoms with Gasteiger partial charge in [0.25, 0.3) is 0 Å². The average molecular weight is 457 g/mol. The van der Waals surface area contributed by atoms with E-state index in [1.165, 1.54) is 44.9 Å². The molecule has 0 radical (unpaired) electrons. The van der Waals surface area contributed by atoms with Gasteiger partial charge in [-0.05, 0) is 111 Å². The van der Waals surface area contributed by atoms with Crippen LogP contribution in [0.3, 0.4) is 0 Å². The van der Waals surface area contributed by atoms with Crippen LogP contribution in [0.4, 0.5) is 0 Å². The number of carbonyl (C=O) groups excluding carboxylic acids is 1. The molecule has 186 valence electrons. The Bertz CT molecular complexity index is 866. The molecule has 33 heavy (non-hydrogen) atoms. The predicted molar refractivity (Wildman–Crippen MR) is 132 cm³/mol.